The van der Waals surface area contributed by atoms with Crippen LogP contribution < -0.4 is 5.32 Å². The summed E-state index contributed by atoms with van der Waals surface area (Å²) in [5, 5.41) is 11.9. The summed E-state index contributed by atoms with van der Waals surface area (Å²) < 4.78 is 3.76. The van der Waals surface area contributed by atoms with Gasteiger partial charge in [0.1, 0.15) is 0 Å². The first-order valence-corrected chi connectivity index (χ1v) is 7.01. The molecule has 108 valence electrons. The molecule has 5 nitrogen and oxygen atoms in total. The first-order valence-electron chi connectivity index (χ1n) is 7.01. The maximum atomic E-state index is 4.25. The minimum Gasteiger partial charge on any atom is -0.308 e. The third-order valence-electron chi connectivity index (χ3n) is 3.69. The summed E-state index contributed by atoms with van der Waals surface area (Å²) in [7, 11) is 1.97. The van der Waals surface area contributed by atoms with Gasteiger partial charge in [-0.05, 0) is 30.7 Å². The molecule has 0 bridgehead atoms. The Hall–Kier alpha value is -2.40. The van der Waals surface area contributed by atoms with Gasteiger partial charge in [-0.25, -0.2) is 4.68 Å². The van der Waals surface area contributed by atoms with Crippen molar-refractivity contribution >= 4 is 0 Å². The molecule has 2 aromatic heterocycles. The molecule has 0 radical (unpaired) electrons. The number of aromatic nitrogens is 4. The van der Waals surface area contributed by atoms with Crippen LogP contribution in [0.3, 0.4) is 0 Å². The van der Waals surface area contributed by atoms with Crippen LogP contribution in [0.15, 0.2) is 48.9 Å². The maximum absolute atomic E-state index is 4.25. The summed E-state index contributed by atoms with van der Waals surface area (Å²) in [6, 6.07) is 10.3. The van der Waals surface area contributed by atoms with E-state index in [4.69, 9.17) is 0 Å². The normalized spacial score (nSPS) is 11.0. The van der Waals surface area contributed by atoms with E-state index < -0.39 is 0 Å². The first kappa shape index (κ1) is 13.6. The lowest BCUT2D eigenvalue weighted by atomic mass is 10.2. The summed E-state index contributed by atoms with van der Waals surface area (Å²) in [6.45, 7) is 3.76. The minimum atomic E-state index is 0.834. The standard InChI is InChI=1S/C16H19N5/c1-13-15(12-19-20(13)2)11-17-10-14-4-6-16(7-5-14)21-9-3-8-18-21/h3-9,12,17H,10-11H2,1-2H3. The highest BCUT2D eigenvalue weighted by Gasteiger charge is 2.03. The smallest absolute Gasteiger partial charge is 0.0645 e. The van der Waals surface area contributed by atoms with E-state index in [0.29, 0.717) is 0 Å². The highest BCUT2D eigenvalue weighted by atomic mass is 15.3. The van der Waals surface area contributed by atoms with Crippen molar-refractivity contribution in [2.24, 2.45) is 7.05 Å². The molecule has 1 N–H and O–H groups in total. The van der Waals surface area contributed by atoms with Crippen molar-refractivity contribution < 1.29 is 0 Å². The summed E-state index contributed by atoms with van der Waals surface area (Å²) in [5.41, 5.74) is 4.78. The molecular weight excluding hydrogens is 262 g/mol. The fourth-order valence-corrected chi connectivity index (χ4v) is 2.25. The number of aryl methyl sites for hydroxylation is 1. The zero-order chi connectivity index (χ0) is 14.7. The molecule has 3 aromatic rings. The average Bonchev–Trinajstić information content (AvgIpc) is 3.13. The number of nitrogens with one attached hydrogen (secondary N) is 1. The van der Waals surface area contributed by atoms with Crippen LogP contribution >= 0.6 is 0 Å². The Bertz CT molecular complexity index is 695. The van der Waals surface area contributed by atoms with Crippen molar-refractivity contribution in [2.75, 3.05) is 0 Å². The van der Waals surface area contributed by atoms with Crippen LogP contribution in [0.2, 0.25) is 0 Å². The monoisotopic (exact) mass is 281 g/mol. The lowest BCUT2D eigenvalue weighted by Gasteiger charge is -2.06. The fourth-order valence-electron chi connectivity index (χ4n) is 2.25. The molecule has 5 heteroatoms. The molecule has 0 fully saturated rings. The molecule has 0 unspecified atom stereocenters. The van der Waals surface area contributed by atoms with Gasteiger partial charge in [-0.2, -0.15) is 10.2 Å². The Balaban J connectivity index is 1.57. The van der Waals surface area contributed by atoms with E-state index in [2.05, 4.69) is 46.7 Å². The van der Waals surface area contributed by atoms with Crippen LogP contribution in [0.25, 0.3) is 5.69 Å². The highest BCUT2D eigenvalue weighted by molar-refractivity contribution is 5.33. The van der Waals surface area contributed by atoms with E-state index >= 15 is 0 Å². The van der Waals surface area contributed by atoms with Gasteiger partial charge in [0.25, 0.3) is 0 Å². The summed E-state index contributed by atoms with van der Waals surface area (Å²) in [6.07, 6.45) is 5.65. The molecule has 21 heavy (non-hydrogen) atoms. The third-order valence-corrected chi connectivity index (χ3v) is 3.69. The fraction of sp³-hybridized carbons (Fsp3) is 0.250. The van der Waals surface area contributed by atoms with Gasteiger partial charge in [-0.3, -0.25) is 4.68 Å². The second-order valence-corrected chi connectivity index (χ2v) is 5.10. The van der Waals surface area contributed by atoms with Gasteiger partial charge < -0.3 is 5.32 Å². The molecule has 3 rings (SSSR count). The van der Waals surface area contributed by atoms with Gasteiger partial charge in [-0.1, -0.05) is 12.1 Å². The van der Waals surface area contributed by atoms with Crippen LogP contribution in [-0.4, -0.2) is 19.6 Å². The molecule has 0 saturated heterocycles. The van der Waals surface area contributed by atoms with Crippen LogP contribution in [0.5, 0.6) is 0 Å². The zero-order valence-electron chi connectivity index (χ0n) is 12.3. The average molecular weight is 281 g/mol. The minimum absolute atomic E-state index is 0.834. The van der Waals surface area contributed by atoms with E-state index in [9.17, 15) is 0 Å². The second kappa shape index (κ2) is 5.93. The Labute approximate surface area is 124 Å². The molecule has 1 aromatic carbocycles. The van der Waals surface area contributed by atoms with E-state index in [1.165, 1.54) is 16.8 Å². The molecule has 0 aliphatic rings. The predicted molar refractivity (Wildman–Crippen MR) is 82.1 cm³/mol. The third kappa shape index (κ3) is 3.03. The molecular formula is C16H19N5. The van der Waals surface area contributed by atoms with E-state index in [-0.39, 0.29) is 0 Å². The van der Waals surface area contributed by atoms with Crippen LogP contribution in [0, 0.1) is 6.92 Å². The number of rotatable bonds is 5. The number of nitrogens with zero attached hydrogens (tertiary/aromatic N) is 4. The van der Waals surface area contributed by atoms with Crippen LogP contribution in [-0.2, 0) is 20.1 Å². The lowest BCUT2D eigenvalue weighted by Crippen LogP contribution is -2.13. The molecule has 0 aliphatic heterocycles. The van der Waals surface area contributed by atoms with E-state index in [0.717, 1.165) is 18.8 Å². The Kier molecular flexibility index (Phi) is 3.83. The Morgan fingerprint density at radius 1 is 1.10 bits per heavy atom. The van der Waals surface area contributed by atoms with E-state index in [1.807, 2.05) is 34.9 Å². The topological polar surface area (TPSA) is 47.7 Å². The van der Waals surface area contributed by atoms with Gasteiger partial charge in [0.2, 0.25) is 0 Å². The molecule has 0 spiro atoms. The van der Waals surface area contributed by atoms with Crippen molar-refractivity contribution in [3.05, 3.63) is 65.7 Å². The summed E-state index contributed by atoms with van der Waals surface area (Å²) >= 11 is 0. The van der Waals surface area contributed by atoms with Gasteiger partial charge in [0, 0.05) is 43.8 Å². The van der Waals surface area contributed by atoms with Crippen molar-refractivity contribution in [3.8, 4) is 5.69 Å². The Morgan fingerprint density at radius 2 is 1.90 bits per heavy atom. The first-order chi connectivity index (χ1) is 10.2. The summed E-state index contributed by atoms with van der Waals surface area (Å²) in [5.74, 6) is 0. The van der Waals surface area contributed by atoms with Gasteiger partial charge in [-0.15, -0.1) is 0 Å². The largest absolute Gasteiger partial charge is 0.308 e. The summed E-state index contributed by atoms with van der Waals surface area (Å²) in [4.78, 5) is 0. The van der Waals surface area contributed by atoms with E-state index in [1.54, 1.807) is 6.20 Å². The molecule has 2 heterocycles. The lowest BCUT2D eigenvalue weighted by molar-refractivity contribution is 0.684. The van der Waals surface area contributed by atoms with Gasteiger partial charge >= 0.3 is 0 Å². The van der Waals surface area contributed by atoms with Crippen molar-refractivity contribution in [1.82, 2.24) is 24.9 Å². The van der Waals surface area contributed by atoms with Gasteiger partial charge in [0.15, 0.2) is 0 Å². The van der Waals surface area contributed by atoms with Crippen LogP contribution in [0.4, 0.5) is 0 Å². The highest BCUT2D eigenvalue weighted by Crippen LogP contribution is 2.09. The molecule has 0 aliphatic carbocycles. The maximum Gasteiger partial charge on any atom is 0.0645 e. The SMILES string of the molecule is Cc1c(CNCc2ccc(-n3cccn3)cc2)cnn1C. The zero-order valence-corrected chi connectivity index (χ0v) is 12.3. The number of hydrogen-bond acceptors (Lipinski definition) is 3. The van der Waals surface area contributed by atoms with Gasteiger partial charge in [0.05, 0.1) is 11.9 Å². The van der Waals surface area contributed by atoms with Crippen molar-refractivity contribution in [3.63, 3.8) is 0 Å². The van der Waals surface area contributed by atoms with Crippen molar-refractivity contribution in [1.29, 1.82) is 0 Å². The number of hydrogen-bond donors (Lipinski definition) is 1. The van der Waals surface area contributed by atoms with Crippen LogP contribution in [0.1, 0.15) is 16.8 Å². The molecule has 0 amide bonds. The Morgan fingerprint density at radius 3 is 2.52 bits per heavy atom. The van der Waals surface area contributed by atoms with Crippen molar-refractivity contribution in [2.45, 2.75) is 20.0 Å². The number of benzene rings is 1. The molecule has 0 saturated carbocycles. The molecule has 0 atom stereocenters. The second-order valence-electron chi connectivity index (χ2n) is 5.10. The quantitative estimate of drug-likeness (QED) is 0.780. The predicted octanol–water partition coefficient (Wildman–Crippen LogP) is 2.20.